The van der Waals surface area contributed by atoms with Gasteiger partial charge in [0.05, 0.1) is 17.9 Å². The normalized spacial score (nSPS) is 11.6. The number of hydrogen-bond acceptors (Lipinski definition) is 3. The SMILES string of the molecule is CCCCNCC(=O)Nc1cc(C(C)(C)C)nn1-c1ccccc1C. The van der Waals surface area contributed by atoms with Gasteiger partial charge < -0.3 is 10.6 Å². The number of hydrogen-bond donors (Lipinski definition) is 2. The minimum Gasteiger partial charge on any atom is -0.309 e. The summed E-state index contributed by atoms with van der Waals surface area (Å²) in [6, 6.07) is 10.0. The molecule has 0 aliphatic heterocycles. The fourth-order valence-electron chi connectivity index (χ4n) is 2.51. The van der Waals surface area contributed by atoms with Crippen LogP contribution in [0.3, 0.4) is 0 Å². The van der Waals surface area contributed by atoms with Gasteiger partial charge in [-0.2, -0.15) is 5.10 Å². The monoisotopic (exact) mass is 342 g/mol. The van der Waals surface area contributed by atoms with E-state index in [9.17, 15) is 4.79 Å². The molecule has 1 amide bonds. The van der Waals surface area contributed by atoms with Crippen LogP contribution >= 0.6 is 0 Å². The second-order valence-corrected chi connectivity index (χ2v) is 7.44. The first-order valence-corrected chi connectivity index (χ1v) is 9.00. The van der Waals surface area contributed by atoms with E-state index in [2.05, 4.69) is 38.3 Å². The number of para-hydroxylation sites is 1. The third-order valence-corrected chi connectivity index (χ3v) is 4.08. The van der Waals surface area contributed by atoms with Crippen molar-refractivity contribution >= 4 is 11.7 Å². The number of aryl methyl sites for hydroxylation is 1. The number of carbonyl (C=O) groups excluding carboxylic acids is 1. The third kappa shape index (κ3) is 5.16. The Morgan fingerprint density at radius 2 is 1.96 bits per heavy atom. The van der Waals surface area contributed by atoms with Crippen molar-refractivity contribution in [3.63, 3.8) is 0 Å². The summed E-state index contributed by atoms with van der Waals surface area (Å²) in [5, 5.41) is 10.9. The zero-order valence-corrected chi connectivity index (χ0v) is 16.0. The highest BCUT2D eigenvalue weighted by Gasteiger charge is 2.21. The molecule has 0 aliphatic carbocycles. The predicted molar refractivity (Wildman–Crippen MR) is 103 cm³/mol. The predicted octanol–water partition coefficient (Wildman–Crippen LogP) is 3.81. The van der Waals surface area contributed by atoms with Crippen LogP contribution in [0, 0.1) is 6.92 Å². The molecule has 1 aromatic carbocycles. The van der Waals surface area contributed by atoms with Crippen LogP contribution in [0.15, 0.2) is 30.3 Å². The molecule has 0 bridgehead atoms. The minimum atomic E-state index is -0.0905. The lowest BCUT2D eigenvalue weighted by Crippen LogP contribution is -2.29. The number of rotatable bonds is 7. The fraction of sp³-hybridized carbons (Fsp3) is 0.500. The number of carbonyl (C=O) groups is 1. The minimum absolute atomic E-state index is 0.0497. The van der Waals surface area contributed by atoms with E-state index in [1.807, 2.05) is 41.9 Å². The van der Waals surface area contributed by atoms with Crippen LogP contribution in [0.5, 0.6) is 0 Å². The summed E-state index contributed by atoms with van der Waals surface area (Å²) in [4.78, 5) is 12.3. The van der Waals surface area contributed by atoms with Gasteiger partial charge in [-0.3, -0.25) is 4.79 Å². The van der Waals surface area contributed by atoms with Crippen LogP contribution in [0.4, 0.5) is 5.82 Å². The Morgan fingerprint density at radius 1 is 1.24 bits per heavy atom. The number of anilines is 1. The van der Waals surface area contributed by atoms with E-state index in [-0.39, 0.29) is 11.3 Å². The van der Waals surface area contributed by atoms with Gasteiger partial charge in [-0.15, -0.1) is 0 Å². The van der Waals surface area contributed by atoms with Crippen molar-refractivity contribution in [3.05, 3.63) is 41.6 Å². The first-order chi connectivity index (χ1) is 11.8. The van der Waals surface area contributed by atoms with Gasteiger partial charge >= 0.3 is 0 Å². The number of nitrogens with zero attached hydrogens (tertiary/aromatic N) is 2. The highest BCUT2D eigenvalue weighted by atomic mass is 16.2. The molecule has 1 aromatic heterocycles. The Morgan fingerprint density at radius 3 is 2.60 bits per heavy atom. The Bertz CT molecular complexity index is 713. The van der Waals surface area contributed by atoms with E-state index in [1.54, 1.807) is 0 Å². The molecule has 25 heavy (non-hydrogen) atoms. The molecular weight excluding hydrogens is 312 g/mol. The van der Waals surface area contributed by atoms with Crippen molar-refractivity contribution in [2.24, 2.45) is 0 Å². The largest absolute Gasteiger partial charge is 0.309 e. The molecule has 0 aliphatic rings. The standard InChI is InChI=1S/C20H30N4O/c1-6-7-12-21-14-19(25)22-18-13-17(20(3,4)5)23-24(18)16-11-9-8-10-15(16)2/h8-11,13,21H,6-7,12,14H2,1-5H3,(H,22,25). The van der Waals surface area contributed by atoms with Crippen LogP contribution in [0.2, 0.25) is 0 Å². The van der Waals surface area contributed by atoms with E-state index in [1.165, 1.54) is 0 Å². The van der Waals surface area contributed by atoms with Gasteiger partial charge in [0.25, 0.3) is 0 Å². The summed E-state index contributed by atoms with van der Waals surface area (Å²) in [5.74, 6) is 0.660. The molecule has 0 saturated heterocycles. The van der Waals surface area contributed by atoms with Crippen molar-refractivity contribution in [3.8, 4) is 5.69 Å². The molecule has 5 nitrogen and oxygen atoms in total. The van der Waals surface area contributed by atoms with E-state index in [0.29, 0.717) is 12.4 Å². The summed E-state index contributed by atoms with van der Waals surface area (Å²) in [6.07, 6.45) is 2.19. The van der Waals surface area contributed by atoms with Gasteiger partial charge in [-0.1, -0.05) is 52.3 Å². The average Bonchev–Trinajstić information content (AvgIpc) is 2.96. The fourth-order valence-corrected chi connectivity index (χ4v) is 2.51. The molecule has 2 aromatic rings. The molecule has 1 heterocycles. The van der Waals surface area contributed by atoms with Gasteiger partial charge in [-0.25, -0.2) is 4.68 Å². The lowest BCUT2D eigenvalue weighted by atomic mass is 9.92. The molecule has 5 heteroatoms. The Hall–Kier alpha value is -2.14. The van der Waals surface area contributed by atoms with E-state index >= 15 is 0 Å². The first kappa shape index (κ1) is 19.2. The van der Waals surface area contributed by atoms with Gasteiger partial charge in [-0.05, 0) is 31.5 Å². The molecule has 0 unspecified atom stereocenters. The van der Waals surface area contributed by atoms with Crippen LogP contribution < -0.4 is 10.6 Å². The number of nitrogens with one attached hydrogen (secondary N) is 2. The number of unbranched alkanes of at least 4 members (excludes halogenated alkanes) is 1. The van der Waals surface area contributed by atoms with Gasteiger partial charge in [0.15, 0.2) is 0 Å². The van der Waals surface area contributed by atoms with Crippen LogP contribution in [-0.2, 0) is 10.2 Å². The second-order valence-electron chi connectivity index (χ2n) is 7.44. The summed E-state index contributed by atoms with van der Waals surface area (Å²) in [5.41, 5.74) is 2.95. The Labute approximate surface area is 150 Å². The Balaban J connectivity index is 2.25. The van der Waals surface area contributed by atoms with Crippen molar-refractivity contribution < 1.29 is 4.79 Å². The lowest BCUT2D eigenvalue weighted by Gasteiger charge is -2.14. The van der Waals surface area contributed by atoms with Crippen LogP contribution in [0.25, 0.3) is 5.69 Å². The molecule has 0 fully saturated rings. The highest BCUT2D eigenvalue weighted by molar-refractivity contribution is 5.91. The van der Waals surface area contributed by atoms with E-state index < -0.39 is 0 Å². The number of amides is 1. The third-order valence-electron chi connectivity index (χ3n) is 4.08. The van der Waals surface area contributed by atoms with E-state index in [4.69, 9.17) is 5.10 Å². The van der Waals surface area contributed by atoms with Crippen molar-refractivity contribution in [2.75, 3.05) is 18.4 Å². The first-order valence-electron chi connectivity index (χ1n) is 9.00. The summed E-state index contributed by atoms with van der Waals surface area (Å²) in [6.45, 7) is 11.7. The molecule has 136 valence electrons. The van der Waals surface area contributed by atoms with Gasteiger partial charge in [0, 0.05) is 11.5 Å². The molecule has 2 N–H and O–H groups in total. The maximum absolute atomic E-state index is 12.3. The highest BCUT2D eigenvalue weighted by Crippen LogP contribution is 2.27. The molecule has 0 radical (unpaired) electrons. The van der Waals surface area contributed by atoms with Crippen molar-refractivity contribution in [1.29, 1.82) is 0 Å². The summed E-state index contributed by atoms with van der Waals surface area (Å²) < 4.78 is 1.83. The van der Waals surface area contributed by atoms with Gasteiger partial charge in [0.1, 0.15) is 5.82 Å². The summed E-state index contributed by atoms with van der Waals surface area (Å²) >= 11 is 0. The van der Waals surface area contributed by atoms with Crippen molar-refractivity contribution in [2.45, 2.75) is 52.9 Å². The maximum Gasteiger partial charge on any atom is 0.239 e. The molecule has 0 saturated carbocycles. The maximum atomic E-state index is 12.3. The van der Waals surface area contributed by atoms with Crippen LogP contribution in [0.1, 0.15) is 51.8 Å². The zero-order chi connectivity index (χ0) is 18.4. The molecule has 0 atom stereocenters. The van der Waals surface area contributed by atoms with E-state index in [0.717, 1.165) is 36.3 Å². The Kier molecular flexibility index (Phi) is 6.37. The van der Waals surface area contributed by atoms with Crippen molar-refractivity contribution in [1.82, 2.24) is 15.1 Å². The topological polar surface area (TPSA) is 59.0 Å². The average molecular weight is 342 g/mol. The smallest absolute Gasteiger partial charge is 0.239 e. The quantitative estimate of drug-likeness (QED) is 0.752. The summed E-state index contributed by atoms with van der Waals surface area (Å²) in [7, 11) is 0. The number of benzene rings is 1. The number of aromatic nitrogens is 2. The lowest BCUT2D eigenvalue weighted by molar-refractivity contribution is -0.115. The second kappa shape index (κ2) is 8.30. The zero-order valence-electron chi connectivity index (χ0n) is 16.0. The van der Waals surface area contributed by atoms with Gasteiger partial charge in [0.2, 0.25) is 5.91 Å². The van der Waals surface area contributed by atoms with Crippen LogP contribution in [-0.4, -0.2) is 28.8 Å². The molecule has 0 spiro atoms. The molecular formula is C20H30N4O. The molecule has 2 rings (SSSR count).